The van der Waals surface area contributed by atoms with Gasteiger partial charge in [0.05, 0.1) is 13.2 Å². The molecule has 27 heavy (non-hydrogen) atoms. The van der Waals surface area contributed by atoms with Crippen LogP contribution in [0.3, 0.4) is 0 Å². The zero-order chi connectivity index (χ0) is 18.8. The fourth-order valence-corrected chi connectivity index (χ4v) is 4.06. The summed E-state index contributed by atoms with van der Waals surface area (Å²) in [5, 5.41) is 3.03. The van der Waals surface area contributed by atoms with Crippen LogP contribution in [-0.2, 0) is 6.54 Å². The molecule has 0 aromatic heterocycles. The number of hydrogen-bond acceptors (Lipinski definition) is 2. The van der Waals surface area contributed by atoms with Crippen LogP contribution in [-0.4, -0.2) is 30.1 Å². The Morgan fingerprint density at radius 2 is 2.04 bits per heavy atom. The second-order valence-electron chi connectivity index (χ2n) is 7.12. The van der Waals surface area contributed by atoms with Crippen molar-refractivity contribution in [1.82, 2.24) is 10.2 Å². The minimum absolute atomic E-state index is 0.0344. The first-order valence-corrected chi connectivity index (χ1v) is 9.30. The molecule has 0 saturated carbocycles. The summed E-state index contributed by atoms with van der Waals surface area (Å²) in [6.07, 6.45) is 4.84. The molecule has 0 radical (unpaired) electrons. The van der Waals surface area contributed by atoms with Crippen LogP contribution in [0, 0.1) is 5.82 Å². The Kier molecular flexibility index (Phi) is 4.84. The maximum atomic E-state index is 13.5. The minimum atomic E-state index is -0.222. The van der Waals surface area contributed by atoms with Crippen LogP contribution in [0.1, 0.15) is 30.4 Å². The summed E-state index contributed by atoms with van der Waals surface area (Å²) in [7, 11) is 1.63. The number of amides is 2. The van der Waals surface area contributed by atoms with Crippen LogP contribution in [0.2, 0.25) is 0 Å². The van der Waals surface area contributed by atoms with Gasteiger partial charge in [-0.05, 0) is 60.2 Å². The third-order valence-corrected chi connectivity index (χ3v) is 5.43. The van der Waals surface area contributed by atoms with Gasteiger partial charge in [0.15, 0.2) is 0 Å². The molecule has 0 spiro atoms. The number of nitrogens with one attached hydrogen (secondary N) is 1. The third-order valence-electron chi connectivity index (χ3n) is 5.43. The Labute approximate surface area is 158 Å². The van der Waals surface area contributed by atoms with Gasteiger partial charge in [0.2, 0.25) is 0 Å². The van der Waals surface area contributed by atoms with Crippen LogP contribution < -0.4 is 10.1 Å². The highest BCUT2D eigenvalue weighted by atomic mass is 19.1. The summed E-state index contributed by atoms with van der Waals surface area (Å²) >= 11 is 0. The zero-order valence-electron chi connectivity index (χ0n) is 15.3. The van der Waals surface area contributed by atoms with E-state index in [1.54, 1.807) is 19.2 Å². The van der Waals surface area contributed by atoms with E-state index < -0.39 is 0 Å². The first-order valence-electron chi connectivity index (χ1n) is 9.30. The lowest BCUT2D eigenvalue weighted by Crippen LogP contribution is -2.48. The molecule has 1 saturated heterocycles. The summed E-state index contributed by atoms with van der Waals surface area (Å²) in [5.74, 6) is 0.578. The van der Waals surface area contributed by atoms with Gasteiger partial charge in [-0.15, -0.1) is 0 Å². The second kappa shape index (κ2) is 7.43. The molecule has 140 valence electrons. The molecular formula is C22H23FN2O2. The highest BCUT2D eigenvalue weighted by Crippen LogP contribution is 2.38. The standard InChI is InChI=1S/C22H23FN2O2/c1-27-21-9-5-15(6-10-21)14-24-22(26)25-19-7-8-20(25)13-17(12-19)16-3-2-4-18(23)11-16/h2-6,9-12,19-20H,7-8,13-14H2,1H3,(H,24,26). The highest BCUT2D eigenvalue weighted by molar-refractivity contribution is 5.78. The molecule has 2 aromatic rings. The molecule has 2 heterocycles. The van der Waals surface area contributed by atoms with Gasteiger partial charge in [0, 0.05) is 12.6 Å². The Hall–Kier alpha value is -2.82. The van der Waals surface area contributed by atoms with Gasteiger partial charge >= 0.3 is 6.03 Å². The van der Waals surface area contributed by atoms with Crippen molar-refractivity contribution in [2.75, 3.05) is 7.11 Å². The SMILES string of the molecule is COc1ccc(CNC(=O)N2C3C=C(c4cccc(F)c4)CC2CC3)cc1. The molecular weight excluding hydrogens is 343 g/mol. The van der Waals surface area contributed by atoms with Crippen molar-refractivity contribution in [2.24, 2.45) is 0 Å². The predicted octanol–water partition coefficient (Wildman–Crippen LogP) is 4.36. The van der Waals surface area contributed by atoms with E-state index in [-0.39, 0.29) is 23.9 Å². The van der Waals surface area contributed by atoms with Crippen LogP contribution >= 0.6 is 0 Å². The number of carbonyl (C=O) groups is 1. The molecule has 2 aromatic carbocycles. The lowest BCUT2D eigenvalue weighted by molar-refractivity contribution is 0.179. The van der Waals surface area contributed by atoms with Crippen molar-refractivity contribution in [1.29, 1.82) is 0 Å². The first-order chi connectivity index (χ1) is 13.1. The monoisotopic (exact) mass is 366 g/mol. The van der Waals surface area contributed by atoms with Crippen LogP contribution in [0.5, 0.6) is 5.75 Å². The largest absolute Gasteiger partial charge is 0.497 e. The van der Waals surface area contributed by atoms with E-state index >= 15 is 0 Å². The van der Waals surface area contributed by atoms with Crippen molar-refractivity contribution in [2.45, 2.75) is 37.9 Å². The second-order valence-corrected chi connectivity index (χ2v) is 7.12. The van der Waals surface area contributed by atoms with Crippen molar-refractivity contribution >= 4 is 11.6 Å². The van der Waals surface area contributed by atoms with E-state index in [0.29, 0.717) is 6.54 Å². The number of hydrogen-bond donors (Lipinski definition) is 1. The van der Waals surface area contributed by atoms with E-state index in [2.05, 4.69) is 11.4 Å². The highest BCUT2D eigenvalue weighted by Gasteiger charge is 2.39. The summed E-state index contributed by atoms with van der Waals surface area (Å²) in [6, 6.07) is 14.6. The molecule has 1 N–H and O–H groups in total. The minimum Gasteiger partial charge on any atom is -0.497 e. The molecule has 5 heteroatoms. The van der Waals surface area contributed by atoms with Crippen LogP contribution in [0.25, 0.3) is 5.57 Å². The Bertz CT molecular complexity index is 863. The fraction of sp³-hybridized carbons (Fsp3) is 0.318. The van der Waals surface area contributed by atoms with E-state index in [0.717, 1.165) is 41.7 Å². The number of urea groups is 1. The van der Waals surface area contributed by atoms with Gasteiger partial charge in [0.1, 0.15) is 11.6 Å². The van der Waals surface area contributed by atoms with Gasteiger partial charge in [-0.25, -0.2) is 9.18 Å². The molecule has 2 bridgehead atoms. The fourth-order valence-electron chi connectivity index (χ4n) is 4.06. The van der Waals surface area contributed by atoms with Crippen molar-refractivity contribution in [3.05, 3.63) is 71.6 Å². The number of rotatable bonds is 4. The van der Waals surface area contributed by atoms with E-state index in [1.165, 1.54) is 6.07 Å². The van der Waals surface area contributed by atoms with Crippen LogP contribution in [0.15, 0.2) is 54.6 Å². The normalized spacial score (nSPS) is 21.0. The molecule has 2 aliphatic rings. The molecule has 4 nitrogen and oxygen atoms in total. The lowest BCUT2D eigenvalue weighted by Gasteiger charge is -2.34. The number of carbonyl (C=O) groups excluding carboxylic acids is 1. The molecule has 0 aliphatic carbocycles. The topological polar surface area (TPSA) is 41.6 Å². The van der Waals surface area contributed by atoms with Crippen molar-refractivity contribution in [3.63, 3.8) is 0 Å². The molecule has 2 aliphatic heterocycles. The third kappa shape index (κ3) is 3.68. The van der Waals surface area contributed by atoms with Crippen molar-refractivity contribution in [3.8, 4) is 5.75 Å². The van der Waals surface area contributed by atoms with E-state index in [9.17, 15) is 9.18 Å². The van der Waals surface area contributed by atoms with Gasteiger partial charge < -0.3 is 15.0 Å². The average Bonchev–Trinajstić information content (AvgIpc) is 2.96. The predicted molar refractivity (Wildman–Crippen MR) is 103 cm³/mol. The van der Waals surface area contributed by atoms with Crippen LogP contribution in [0.4, 0.5) is 9.18 Å². The molecule has 1 fully saturated rings. The number of fused-ring (bicyclic) bond motifs is 2. The quantitative estimate of drug-likeness (QED) is 0.873. The molecule has 2 atom stereocenters. The number of ether oxygens (including phenoxy) is 1. The lowest BCUT2D eigenvalue weighted by atomic mass is 9.95. The zero-order valence-corrected chi connectivity index (χ0v) is 15.3. The Balaban J connectivity index is 1.43. The smallest absolute Gasteiger partial charge is 0.318 e. The average molecular weight is 366 g/mol. The number of nitrogens with zero attached hydrogens (tertiary/aromatic N) is 1. The Morgan fingerprint density at radius 1 is 1.22 bits per heavy atom. The van der Waals surface area contributed by atoms with Crippen molar-refractivity contribution < 1.29 is 13.9 Å². The molecule has 2 unspecified atom stereocenters. The maximum absolute atomic E-state index is 13.5. The summed E-state index contributed by atoms with van der Waals surface area (Å²) in [6.45, 7) is 0.485. The number of benzene rings is 2. The van der Waals surface area contributed by atoms with Gasteiger partial charge in [-0.1, -0.05) is 30.3 Å². The summed E-state index contributed by atoms with van der Waals surface area (Å²) in [5.41, 5.74) is 3.09. The number of methoxy groups -OCH3 is 1. The maximum Gasteiger partial charge on any atom is 0.318 e. The van der Waals surface area contributed by atoms with Gasteiger partial charge in [-0.2, -0.15) is 0 Å². The summed E-state index contributed by atoms with van der Waals surface area (Å²) < 4.78 is 18.7. The molecule has 4 rings (SSSR count). The molecule has 2 amide bonds. The van der Waals surface area contributed by atoms with E-state index in [4.69, 9.17) is 4.74 Å². The van der Waals surface area contributed by atoms with Gasteiger partial charge in [-0.3, -0.25) is 0 Å². The number of halogens is 1. The first kappa shape index (κ1) is 17.6. The van der Waals surface area contributed by atoms with E-state index in [1.807, 2.05) is 35.2 Å². The summed E-state index contributed by atoms with van der Waals surface area (Å²) in [4.78, 5) is 14.7. The van der Waals surface area contributed by atoms with Gasteiger partial charge in [0.25, 0.3) is 0 Å². The Morgan fingerprint density at radius 3 is 2.74 bits per heavy atom.